The Balaban J connectivity index is 1.41. The number of fused-ring (bicyclic) bond motifs is 2. The lowest BCUT2D eigenvalue weighted by atomic mass is 10.0. The molecule has 3 heterocycles. The van der Waals surface area contributed by atoms with Gasteiger partial charge in [-0.05, 0) is 60.3 Å². The highest BCUT2D eigenvalue weighted by Crippen LogP contribution is 2.34. The molecule has 0 amide bonds. The summed E-state index contributed by atoms with van der Waals surface area (Å²) < 4.78 is 10.8. The lowest BCUT2D eigenvalue weighted by molar-refractivity contribution is 0.174. The predicted octanol–water partition coefficient (Wildman–Crippen LogP) is 3.47. The molecule has 1 N–H and O–H groups in total. The van der Waals surface area contributed by atoms with Gasteiger partial charge in [0.1, 0.15) is 0 Å². The minimum absolute atomic E-state index is 0.304. The monoisotopic (exact) mass is 346 g/mol. The van der Waals surface area contributed by atoms with Gasteiger partial charge in [-0.25, -0.2) is 0 Å². The van der Waals surface area contributed by atoms with E-state index in [0.717, 1.165) is 35.1 Å². The summed E-state index contributed by atoms with van der Waals surface area (Å²) in [5.41, 5.74) is 2.55. The molecule has 1 atom stereocenters. The Morgan fingerprint density at radius 2 is 2.22 bits per heavy atom. The average Bonchev–Trinajstić information content (AvgIpc) is 3.21. The first-order valence-electron chi connectivity index (χ1n) is 7.71. The topological polar surface area (TPSA) is 33.7 Å². The number of hydrogen-bond acceptors (Lipinski definition) is 4. The maximum atomic E-state index is 5.61. The maximum Gasteiger partial charge on any atom is 0.231 e. The van der Waals surface area contributed by atoms with Crippen LogP contribution in [0.2, 0.25) is 0 Å². The Morgan fingerprint density at radius 1 is 1.35 bits per heavy atom. The highest BCUT2D eigenvalue weighted by atomic mass is 32.1. The lowest BCUT2D eigenvalue weighted by Gasteiger charge is -2.35. The van der Waals surface area contributed by atoms with Gasteiger partial charge in [0.05, 0.1) is 6.04 Å². The molecule has 0 aliphatic carbocycles. The summed E-state index contributed by atoms with van der Waals surface area (Å²) in [5, 5.41) is 6.36. The maximum absolute atomic E-state index is 5.61. The van der Waals surface area contributed by atoms with Gasteiger partial charge in [0.15, 0.2) is 16.6 Å². The fourth-order valence-corrected chi connectivity index (χ4v) is 4.40. The molecule has 1 aromatic carbocycles. The van der Waals surface area contributed by atoms with E-state index in [9.17, 15) is 0 Å². The fraction of sp³-hybridized carbons (Fsp3) is 0.353. The predicted molar refractivity (Wildman–Crippen MR) is 95.1 cm³/mol. The van der Waals surface area contributed by atoms with Gasteiger partial charge in [0.2, 0.25) is 6.79 Å². The zero-order valence-corrected chi connectivity index (χ0v) is 14.5. The molecule has 6 heteroatoms. The third-order valence-electron chi connectivity index (χ3n) is 4.42. The van der Waals surface area contributed by atoms with Gasteiger partial charge < -0.3 is 19.7 Å². The third kappa shape index (κ3) is 2.77. The highest BCUT2D eigenvalue weighted by Gasteiger charge is 2.26. The van der Waals surface area contributed by atoms with E-state index in [2.05, 4.69) is 28.6 Å². The van der Waals surface area contributed by atoms with Crippen LogP contribution in [0.15, 0.2) is 29.6 Å². The van der Waals surface area contributed by atoms with Gasteiger partial charge in [-0.3, -0.25) is 0 Å². The first-order valence-corrected chi connectivity index (χ1v) is 9.00. The van der Waals surface area contributed by atoms with Crippen molar-refractivity contribution >= 4 is 28.7 Å². The highest BCUT2D eigenvalue weighted by molar-refractivity contribution is 7.80. The molecule has 0 radical (unpaired) electrons. The van der Waals surface area contributed by atoms with Gasteiger partial charge in [0.25, 0.3) is 0 Å². The van der Waals surface area contributed by atoms with Crippen LogP contribution in [-0.4, -0.2) is 23.4 Å². The minimum atomic E-state index is 0.304. The van der Waals surface area contributed by atoms with Crippen molar-refractivity contribution in [3.63, 3.8) is 0 Å². The average molecular weight is 346 g/mol. The van der Waals surface area contributed by atoms with E-state index >= 15 is 0 Å². The second-order valence-electron chi connectivity index (χ2n) is 5.76. The van der Waals surface area contributed by atoms with Crippen molar-refractivity contribution in [3.8, 4) is 11.5 Å². The number of benzene rings is 1. The molecular weight excluding hydrogens is 328 g/mol. The molecule has 0 saturated carbocycles. The molecule has 2 aliphatic heterocycles. The van der Waals surface area contributed by atoms with Crippen molar-refractivity contribution in [2.75, 3.05) is 13.3 Å². The molecule has 0 unspecified atom stereocenters. The van der Waals surface area contributed by atoms with E-state index in [1.54, 1.807) is 0 Å². The Morgan fingerprint density at radius 3 is 3.13 bits per heavy atom. The Hall–Kier alpha value is -1.79. The molecule has 2 aliphatic rings. The Kier molecular flexibility index (Phi) is 3.87. The second kappa shape index (κ2) is 6.02. The normalized spacial score (nSPS) is 18.7. The van der Waals surface area contributed by atoms with Crippen LogP contribution in [0.1, 0.15) is 29.0 Å². The molecule has 0 spiro atoms. The van der Waals surface area contributed by atoms with Crippen molar-refractivity contribution in [3.05, 3.63) is 45.6 Å². The van der Waals surface area contributed by atoms with Crippen LogP contribution in [0.3, 0.4) is 0 Å². The van der Waals surface area contributed by atoms with Crippen molar-refractivity contribution < 1.29 is 9.47 Å². The first kappa shape index (κ1) is 14.8. The molecule has 23 heavy (non-hydrogen) atoms. The molecule has 4 nitrogen and oxygen atoms in total. The molecular formula is C17H18N2O2S2. The fourth-order valence-electron chi connectivity index (χ4n) is 3.12. The van der Waals surface area contributed by atoms with Gasteiger partial charge in [0, 0.05) is 18.0 Å². The zero-order valence-electron chi connectivity index (χ0n) is 12.9. The van der Waals surface area contributed by atoms with Crippen molar-refractivity contribution in [1.29, 1.82) is 0 Å². The molecule has 2 aromatic rings. The van der Waals surface area contributed by atoms with Gasteiger partial charge >= 0.3 is 0 Å². The first-order chi connectivity index (χ1) is 11.2. The zero-order chi connectivity index (χ0) is 15.8. The van der Waals surface area contributed by atoms with Crippen molar-refractivity contribution in [1.82, 2.24) is 10.2 Å². The number of hydrogen-bond donors (Lipinski definition) is 1. The Bertz CT molecular complexity index is 744. The number of rotatable bonds is 2. The summed E-state index contributed by atoms with van der Waals surface area (Å²) in [6, 6.07) is 8.55. The van der Waals surface area contributed by atoms with Crippen molar-refractivity contribution in [2.45, 2.75) is 25.9 Å². The summed E-state index contributed by atoms with van der Waals surface area (Å²) in [6.07, 6.45) is 1.07. The Labute approximate surface area is 145 Å². The second-order valence-corrected chi connectivity index (χ2v) is 7.15. The van der Waals surface area contributed by atoms with Crippen LogP contribution in [0, 0.1) is 0 Å². The largest absolute Gasteiger partial charge is 0.454 e. The summed E-state index contributed by atoms with van der Waals surface area (Å²) >= 11 is 7.46. The van der Waals surface area contributed by atoms with Crippen LogP contribution in [0.4, 0.5) is 0 Å². The van der Waals surface area contributed by atoms with Crippen LogP contribution in [0.5, 0.6) is 11.5 Å². The molecule has 120 valence electrons. The van der Waals surface area contributed by atoms with E-state index in [0.29, 0.717) is 19.4 Å². The summed E-state index contributed by atoms with van der Waals surface area (Å²) in [5.74, 6) is 1.62. The van der Waals surface area contributed by atoms with E-state index in [1.807, 2.05) is 29.5 Å². The van der Waals surface area contributed by atoms with E-state index in [4.69, 9.17) is 21.7 Å². The molecule has 0 saturated heterocycles. The van der Waals surface area contributed by atoms with Gasteiger partial charge in [-0.2, -0.15) is 0 Å². The van der Waals surface area contributed by atoms with Gasteiger partial charge in [-0.15, -0.1) is 11.3 Å². The number of thiophene rings is 1. The quantitative estimate of drug-likeness (QED) is 0.842. The summed E-state index contributed by atoms with van der Waals surface area (Å²) in [4.78, 5) is 3.77. The number of nitrogens with zero attached hydrogens (tertiary/aromatic N) is 1. The molecule has 0 fully saturated rings. The summed E-state index contributed by atoms with van der Waals surface area (Å²) in [7, 11) is 0. The van der Waals surface area contributed by atoms with Crippen molar-refractivity contribution in [2.24, 2.45) is 0 Å². The van der Waals surface area contributed by atoms with E-state index in [1.165, 1.54) is 10.4 Å². The number of ether oxygens (including phenoxy) is 2. The van der Waals surface area contributed by atoms with Crippen LogP contribution >= 0.6 is 23.6 Å². The third-order valence-corrected chi connectivity index (χ3v) is 5.79. The van der Waals surface area contributed by atoms with E-state index in [-0.39, 0.29) is 0 Å². The minimum Gasteiger partial charge on any atom is -0.454 e. The lowest BCUT2D eigenvalue weighted by Crippen LogP contribution is -2.44. The SMILES string of the molecule is C[C@H]1c2ccsc2CCN1C(=S)NCc1ccc2c(c1)OCO2. The molecule has 1 aromatic heterocycles. The molecule has 4 rings (SSSR count). The van der Waals surface area contributed by atoms with Crippen LogP contribution in [0.25, 0.3) is 0 Å². The smallest absolute Gasteiger partial charge is 0.231 e. The van der Waals surface area contributed by atoms with Crippen LogP contribution in [-0.2, 0) is 13.0 Å². The van der Waals surface area contributed by atoms with Gasteiger partial charge in [-0.1, -0.05) is 6.07 Å². The number of nitrogens with one attached hydrogen (secondary N) is 1. The van der Waals surface area contributed by atoms with E-state index < -0.39 is 0 Å². The van der Waals surface area contributed by atoms with Crippen LogP contribution < -0.4 is 14.8 Å². The summed E-state index contributed by atoms with van der Waals surface area (Å²) in [6.45, 7) is 4.19. The standard InChI is InChI=1S/C17H18N2O2S2/c1-11-13-5-7-23-16(13)4-6-19(11)17(22)18-9-12-2-3-14-15(8-12)21-10-20-14/h2-3,5,7-8,11H,4,6,9-10H2,1H3,(H,18,22)/t11-/m0/s1. The molecule has 0 bridgehead atoms. The number of thiocarbonyl (C=S) groups is 1.